The molecule has 0 aliphatic heterocycles. The lowest BCUT2D eigenvalue weighted by Gasteiger charge is -2.24. The molecule has 3 rings (SSSR count). The van der Waals surface area contributed by atoms with Gasteiger partial charge in [-0.25, -0.2) is 0 Å². The van der Waals surface area contributed by atoms with E-state index in [2.05, 4.69) is 58.2 Å². The van der Waals surface area contributed by atoms with Crippen LogP contribution in [0.2, 0.25) is 0 Å². The molecule has 3 N–H and O–H groups in total. The highest BCUT2D eigenvalue weighted by Gasteiger charge is 2.25. The van der Waals surface area contributed by atoms with Crippen molar-refractivity contribution in [2.24, 2.45) is 10.9 Å². The molecule has 2 aromatic rings. The van der Waals surface area contributed by atoms with Crippen LogP contribution in [-0.4, -0.2) is 25.0 Å². The first-order chi connectivity index (χ1) is 14.1. The van der Waals surface area contributed by atoms with Crippen LogP contribution >= 0.6 is 24.0 Å². The summed E-state index contributed by atoms with van der Waals surface area (Å²) >= 11 is 0. The molecule has 1 fully saturated rings. The van der Waals surface area contributed by atoms with E-state index in [0.29, 0.717) is 12.6 Å². The number of nitrogens with one attached hydrogen (secondary N) is 3. The van der Waals surface area contributed by atoms with E-state index in [-0.39, 0.29) is 35.8 Å². The van der Waals surface area contributed by atoms with E-state index in [1.807, 2.05) is 24.3 Å². The molecule has 1 unspecified atom stereocenters. The van der Waals surface area contributed by atoms with Gasteiger partial charge in [0.15, 0.2) is 5.96 Å². The van der Waals surface area contributed by atoms with E-state index in [1.54, 1.807) is 7.05 Å². The van der Waals surface area contributed by atoms with E-state index in [1.165, 1.54) is 5.56 Å². The fraction of sp³-hybridized carbons (Fsp3) is 0.417. The summed E-state index contributed by atoms with van der Waals surface area (Å²) in [4.78, 5) is 16.5. The molecular weight excluding hydrogens is 487 g/mol. The maximum atomic E-state index is 12.1. The molecule has 5 nitrogen and oxygen atoms in total. The van der Waals surface area contributed by atoms with Gasteiger partial charge in [0.1, 0.15) is 0 Å². The number of rotatable bonds is 8. The van der Waals surface area contributed by atoms with E-state index in [9.17, 15) is 4.79 Å². The van der Waals surface area contributed by atoms with Crippen LogP contribution in [-0.2, 0) is 17.8 Å². The normalized spacial score (nSPS) is 14.8. The molecule has 0 aromatic heterocycles. The van der Waals surface area contributed by atoms with Crippen LogP contribution in [0.15, 0.2) is 59.6 Å². The van der Waals surface area contributed by atoms with Crippen LogP contribution in [0, 0.1) is 5.92 Å². The van der Waals surface area contributed by atoms with Gasteiger partial charge in [0, 0.05) is 31.2 Å². The fourth-order valence-corrected chi connectivity index (χ4v) is 3.39. The summed E-state index contributed by atoms with van der Waals surface area (Å²) in [6.45, 7) is 2.82. The third-order valence-electron chi connectivity index (χ3n) is 5.45. The second kappa shape index (κ2) is 12.6. The average molecular weight is 520 g/mol. The fourth-order valence-electron chi connectivity index (χ4n) is 3.39. The first-order valence-electron chi connectivity index (χ1n) is 10.5. The first-order valence-corrected chi connectivity index (χ1v) is 10.5. The number of amides is 1. The number of hydrogen-bond donors (Lipinski definition) is 3. The summed E-state index contributed by atoms with van der Waals surface area (Å²) in [5.74, 6) is 1.12. The van der Waals surface area contributed by atoms with Crippen molar-refractivity contribution < 1.29 is 4.79 Å². The van der Waals surface area contributed by atoms with Gasteiger partial charge in [0.2, 0.25) is 5.91 Å². The topological polar surface area (TPSA) is 65.5 Å². The molecule has 1 aliphatic carbocycles. The Hall–Kier alpha value is -2.09. The first kappa shape index (κ1) is 24.2. The van der Waals surface area contributed by atoms with Gasteiger partial charge in [-0.3, -0.25) is 9.79 Å². The molecular formula is C24H33IN4O. The molecule has 0 radical (unpaired) electrons. The number of halogens is 1. The van der Waals surface area contributed by atoms with Gasteiger partial charge in [-0.2, -0.15) is 0 Å². The molecule has 162 valence electrons. The third kappa shape index (κ3) is 7.63. The van der Waals surface area contributed by atoms with Crippen LogP contribution < -0.4 is 16.0 Å². The highest BCUT2D eigenvalue weighted by Crippen LogP contribution is 2.27. The lowest BCUT2D eigenvalue weighted by Crippen LogP contribution is -2.42. The van der Waals surface area contributed by atoms with Crippen molar-refractivity contribution in [1.29, 1.82) is 0 Å². The molecule has 0 heterocycles. The molecule has 30 heavy (non-hydrogen) atoms. The third-order valence-corrected chi connectivity index (χ3v) is 5.45. The van der Waals surface area contributed by atoms with E-state index >= 15 is 0 Å². The van der Waals surface area contributed by atoms with E-state index < -0.39 is 0 Å². The zero-order valence-corrected chi connectivity index (χ0v) is 20.2. The Morgan fingerprint density at radius 2 is 1.83 bits per heavy atom. The maximum Gasteiger partial charge on any atom is 0.227 e. The molecule has 1 amide bonds. The lowest BCUT2D eigenvalue weighted by molar-refractivity contribution is -0.122. The summed E-state index contributed by atoms with van der Waals surface area (Å²) in [6, 6.07) is 18.8. The number of benzene rings is 2. The van der Waals surface area contributed by atoms with Gasteiger partial charge < -0.3 is 16.0 Å². The van der Waals surface area contributed by atoms with Gasteiger partial charge in [-0.1, -0.05) is 48.9 Å². The molecule has 1 aliphatic rings. The molecule has 0 saturated heterocycles. The molecule has 1 atom stereocenters. The predicted octanol–water partition coefficient (Wildman–Crippen LogP) is 4.73. The van der Waals surface area contributed by atoms with Gasteiger partial charge >= 0.3 is 0 Å². The van der Waals surface area contributed by atoms with Gasteiger partial charge in [0.25, 0.3) is 0 Å². The van der Waals surface area contributed by atoms with Crippen LogP contribution in [0.5, 0.6) is 0 Å². The van der Waals surface area contributed by atoms with E-state index in [4.69, 9.17) is 0 Å². The average Bonchev–Trinajstić information content (AvgIpc) is 2.69. The number of guanidine groups is 1. The summed E-state index contributed by atoms with van der Waals surface area (Å²) in [6.07, 6.45) is 5.26. The van der Waals surface area contributed by atoms with Crippen molar-refractivity contribution in [2.45, 2.75) is 51.6 Å². The Morgan fingerprint density at radius 1 is 1.10 bits per heavy atom. The number of hydrogen-bond acceptors (Lipinski definition) is 2. The Bertz CT molecular complexity index is 821. The molecule has 0 spiro atoms. The zero-order chi connectivity index (χ0) is 20.5. The quantitative estimate of drug-likeness (QED) is 0.268. The summed E-state index contributed by atoms with van der Waals surface area (Å²) in [7, 11) is 1.79. The smallest absolute Gasteiger partial charge is 0.227 e. The van der Waals surface area contributed by atoms with Crippen LogP contribution in [0.25, 0.3) is 0 Å². The number of aliphatic imine (C=N–C) groups is 1. The van der Waals surface area contributed by atoms with Gasteiger partial charge in [-0.05, 0) is 55.9 Å². The monoisotopic (exact) mass is 520 g/mol. The minimum Gasteiger partial charge on any atom is -0.354 e. The highest BCUT2D eigenvalue weighted by atomic mass is 127. The summed E-state index contributed by atoms with van der Waals surface area (Å²) in [5.41, 5.74) is 3.32. The van der Waals surface area contributed by atoms with Crippen molar-refractivity contribution in [3.8, 4) is 0 Å². The van der Waals surface area contributed by atoms with Crippen molar-refractivity contribution in [3.05, 3.63) is 65.7 Å². The van der Waals surface area contributed by atoms with Crippen LogP contribution in [0.3, 0.4) is 0 Å². The summed E-state index contributed by atoms with van der Waals surface area (Å²) in [5, 5.41) is 9.86. The number of anilines is 1. The standard InChI is InChI=1S/C24H32N4O.HI/c1-18(14-15-19-8-4-3-5-9-19)27-24(25-2)26-17-20-10-6-13-22(16-20)28-23(29)21-11-7-12-21;/h3-6,8-10,13,16,18,21H,7,11-12,14-15,17H2,1-2H3,(H,28,29)(H2,25,26,27);1H. The number of carbonyl (C=O) groups is 1. The highest BCUT2D eigenvalue weighted by molar-refractivity contribution is 14.0. The lowest BCUT2D eigenvalue weighted by atomic mass is 9.85. The van der Waals surface area contributed by atoms with Crippen molar-refractivity contribution >= 4 is 41.5 Å². The van der Waals surface area contributed by atoms with Gasteiger partial charge in [-0.15, -0.1) is 24.0 Å². The minimum absolute atomic E-state index is 0. The number of aryl methyl sites for hydroxylation is 1. The number of nitrogens with zero attached hydrogens (tertiary/aromatic N) is 1. The largest absolute Gasteiger partial charge is 0.354 e. The molecule has 2 aromatic carbocycles. The molecule has 1 saturated carbocycles. The van der Waals surface area contributed by atoms with Crippen molar-refractivity contribution in [3.63, 3.8) is 0 Å². The Labute approximate surface area is 197 Å². The summed E-state index contributed by atoms with van der Waals surface area (Å²) < 4.78 is 0. The molecule has 6 heteroatoms. The Balaban J connectivity index is 0.00000320. The minimum atomic E-state index is 0. The van der Waals surface area contributed by atoms with Crippen LogP contribution in [0.4, 0.5) is 5.69 Å². The Kier molecular flexibility index (Phi) is 10.1. The zero-order valence-electron chi connectivity index (χ0n) is 17.9. The maximum absolute atomic E-state index is 12.1. The van der Waals surface area contributed by atoms with Crippen molar-refractivity contribution in [1.82, 2.24) is 10.6 Å². The van der Waals surface area contributed by atoms with E-state index in [0.717, 1.165) is 49.3 Å². The number of carbonyl (C=O) groups excluding carboxylic acids is 1. The van der Waals surface area contributed by atoms with Crippen molar-refractivity contribution in [2.75, 3.05) is 12.4 Å². The van der Waals surface area contributed by atoms with Gasteiger partial charge in [0.05, 0.1) is 0 Å². The Morgan fingerprint density at radius 3 is 2.50 bits per heavy atom. The predicted molar refractivity (Wildman–Crippen MR) is 135 cm³/mol. The van der Waals surface area contributed by atoms with Crippen LogP contribution in [0.1, 0.15) is 43.7 Å². The molecule has 0 bridgehead atoms. The SMILES string of the molecule is CN=C(NCc1cccc(NC(=O)C2CCC2)c1)NC(C)CCc1ccccc1.I. The second-order valence-corrected chi connectivity index (χ2v) is 7.81. The second-order valence-electron chi connectivity index (χ2n) is 7.81.